The monoisotopic (exact) mass is 445 g/mol. The number of aromatic nitrogens is 2. The molecule has 0 atom stereocenters. The van der Waals surface area contributed by atoms with Crippen LogP contribution in [0.1, 0.15) is 19.8 Å². The number of amides is 1. The molecule has 2 aromatic heterocycles. The molecule has 0 unspecified atom stereocenters. The number of H-pyrrole nitrogens is 1. The number of ether oxygens (including phenoxy) is 1. The lowest BCUT2D eigenvalue weighted by atomic mass is 10.1. The third-order valence-corrected chi connectivity index (χ3v) is 5.25. The quantitative estimate of drug-likeness (QED) is 0.517. The van der Waals surface area contributed by atoms with E-state index in [2.05, 4.69) is 25.9 Å². The van der Waals surface area contributed by atoms with Crippen LogP contribution in [0.25, 0.3) is 21.9 Å². The maximum atomic E-state index is 14.5. The van der Waals surface area contributed by atoms with Crippen molar-refractivity contribution in [3.8, 4) is 0 Å². The largest absolute Gasteiger partial charge is 0.449 e. The second-order valence-corrected chi connectivity index (χ2v) is 6.97. The van der Waals surface area contributed by atoms with Crippen LogP contribution >= 0.6 is 27.5 Å². The van der Waals surface area contributed by atoms with E-state index in [4.69, 9.17) is 16.3 Å². The van der Waals surface area contributed by atoms with Crippen LogP contribution in [-0.4, -0.2) is 29.7 Å². The minimum atomic E-state index is -1.10. The Bertz CT molecular complexity index is 1010. The fraction of sp³-hybridized carbons (Fsp3) is 0.294. The van der Waals surface area contributed by atoms with Gasteiger partial charge in [-0.2, -0.15) is 0 Å². The second-order valence-electron chi connectivity index (χ2n) is 5.74. The Morgan fingerprint density at radius 3 is 2.85 bits per heavy atom. The van der Waals surface area contributed by atoms with E-state index in [-0.39, 0.29) is 39.3 Å². The zero-order chi connectivity index (χ0) is 19.0. The molecule has 5 nitrogen and oxygen atoms in total. The SMILES string of the molecule is CCCCOC(=O)N(C)c1cc(F)c(F)c2c1[nH]c1ncc(Br)c(Cl)c12. The number of nitrogens with one attached hydrogen (secondary N) is 1. The van der Waals surface area contributed by atoms with Gasteiger partial charge < -0.3 is 9.72 Å². The molecule has 3 aromatic rings. The predicted octanol–water partition coefficient (Wildman–Crippen LogP) is 5.78. The Morgan fingerprint density at radius 2 is 2.15 bits per heavy atom. The van der Waals surface area contributed by atoms with Crippen LogP contribution in [0.5, 0.6) is 0 Å². The number of benzene rings is 1. The smallest absolute Gasteiger partial charge is 0.414 e. The molecule has 1 N–H and O–H groups in total. The molecule has 0 aliphatic carbocycles. The molecule has 9 heteroatoms. The van der Waals surface area contributed by atoms with E-state index < -0.39 is 17.7 Å². The van der Waals surface area contributed by atoms with Gasteiger partial charge in [-0.1, -0.05) is 24.9 Å². The maximum absolute atomic E-state index is 14.5. The van der Waals surface area contributed by atoms with E-state index in [0.29, 0.717) is 10.9 Å². The molecule has 0 fully saturated rings. The summed E-state index contributed by atoms with van der Waals surface area (Å²) in [5, 5.41) is 0.369. The number of hydrogen-bond donors (Lipinski definition) is 1. The third kappa shape index (κ3) is 3.12. The van der Waals surface area contributed by atoms with Crippen molar-refractivity contribution in [2.75, 3.05) is 18.6 Å². The molecule has 0 aliphatic heterocycles. The van der Waals surface area contributed by atoms with Crippen LogP contribution in [0.4, 0.5) is 19.3 Å². The van der Waals surface area contributed by atoms with E-state index >= 15 is 0 Å². The summed E-state index contributed by atoms with van der Waals surface area (Å²) in [6.45, 7) is 2.22. The van der Waals surface area contributed by atoms with Gasteiger partial charge in [0.25, 0.3) is 0 Å². The Hall–Kier alpha value is -1.93. The molecule has 1 aromatic carbocycles. The number of carbonyl (C=O) groups is 1. The van der Waals surface area contributed by atoms with Gasteiger partial charge in [-0.15, -0.1) is 0 Å². The summed E-state index contributed by atoms with van der Waals surface area (Å²) in [6.07, 6.45) is 2.38. The number of pyridine rings is 1. The van der Waals surface area contributed by atoms with Gasteiger partial charge in [0, 0.05) is 24.7 Å². The molecule has 0 aliphatic rings. The summed E-state index contributed by atoms with van der Waals surface area (Å²) in [5.74, 6) is -2.16. The van der Waals surface area contributed by atoms with Crippen LogP contribution in [-0.2, 0) is 4.74 Å². The van der Waals surface area contributed by atoms with Crippen molar-refractivity contribution < 1.29 is 18.3 Å². The van der Waals surface area contributed by atoms with Crippen molar-refractivity contribution in [3.63, 3.8) is 0 Å². The van der Waals surface area contributed by atoms with Crippen molar-refractivity contribution >= 4 is 61.2 Å². The molecule has 3 rings (SSSR count). The number of fused-ring (bicyclic) bond motifs is 3. The lowest BCUT2D eigenvalue weighted by Crippen LogP contribution is -2.27. The number of rotatable bonds is 4. The Balaban J connectivity index is 2.19. The van der Waals surface area contributed by atoms with Crippen molar-refractivity contribution in [3.05, 3.63) is 33.4 Å². The molecule has 0 saturated heterocycles. The van der Waals surface area contributed by atoms with Crippen molar-refractivity contribution in [1.82, 2.24) is 9.97 Å². The Morgan fingerprint density at radius 1 is 1.42 bits per heavy atom. The first-order chi connectivity index (χ1) is 12.4. The summed E-state index contributed by atoms with van der Waals surface area (Å²) < 4.78 is 34.4. The molecular weight excluding hydrogens is 432 g/mol. The zero-order valence-electron chi connectivity index (χ0n) is 14.0. The minimum Gasteiger partial charge on any atom is -0.449 e. The first kappa shape index (κ1) is 18.8. The highest BCUT2D eigenvalue weighted by molar-refractivity contribution is 9.10. The number of anilines is 1. The normalized spacial score (nSPS) is 11.3. The van der Waals surface area contributed by atoms with E-state index in [1.54, 1.807) is 0 Å². The first-order valence-corrected chi connectivity index (χ1v) is 9.07. The van der Waals surface area contributed by atoms with E-state index in [9.17, 15) is 13.6 Å². The Kier molecular flexibility index (Phi) is 5.34. The molecule has 2 heterocycles. The fourth-order valence-electron chi connectivity index (χ4n) is 2.64. The van der Waals surface area contributed by atoms with Crippen molar-refractivity contribution in [2.45, 2.75) is 19.8 Å². The van der Waals surface area contributed by atoms with E-state index in [1.165, 1.54) is 13.2 Å². The summed E-state index contributed by atoms with van der Waals surface area (Å²) in [5.41, 5.74) is 0.624. The zero-order valence-corrected chi connectivity index (χ0v) is 16.3. The van der Waals surface area contributed by atoms with Gasteiger partial charge in [0.15, 0.2) is 11.6 Å². The first-order valence-electron chi connectivity index (χ1n) is 7.90. The van der Waals surface area contributed by atoms with Crippen molar-refractivity contribution in [2.24, 2.45) is 0 Å². The van der Waals surface area contributed by atoms with Crippen LogP contribution in [0.3, 0.4) is 0 Å². The Labute approximate surface area is 161 Å². The highest BCUT2D eigenvalue weighted by Gasteiger charge is 2.24. The number of hydrogen-bond acceptors (Lipinski definition) is 3. The topological polar surface area (TPSA) is 58.2 Å². The number of aromatic amines is 1. The maximum Gasteiger partial charge on any atom is 0.414 e. The fourth-order valence-corrected chi connectivity index (χ4v) is 3.18. The number of unbranched alkanes of at least 4 members (excludes halogenated alkanes) is 1. The second kappa shape index (κ2) is 7.36. The van der Waals surface area contributed by atoms with E-state index in [1.807, 2.05) is 6.92 Å². The lowest BCUT2D eigenvalue weighted by molar-refractivity contribution is 0.153. The van der Waals surface area contributed by atoms with Gasteiger partial charge in [-0.05, 0) is 22.4 Å². The van der Waals surface area contributed by atoms with E-state index in [0.717, 1.165) is 17.4 Å². The van der Waals surface area contributed by atoms with Gasteiger partial charge in [0.05, 0.1) is 32.7 Å². The summed E-state index contributed by atoms with van der Waals surface area (Å²) >= 11 is 9.48. The standard InChI is InChI=1S/C17H15BrClF2N3O2/c1-3-4-5-26-17(25)24(2)10-6-9(20)14(21)12-11-13(19)8(18)7-22-16(11)23-15(10)12/h6-7H,3-5H2,1-2H3,(H,22,23). The van der Waals surface area contributed by atoms with Crippen LogP contribution < -0.4 is 4.90 Å². The number of nitrogens with zero attached hydrogens (tertiary/aromatic N) is 2. The van der Waals surface area contributed by atoms with Gasteiger partial charge >= 0.3 is 6.09 Å². The molecule has 0 radical (unpaired) electrons. The van der Waals surface area contributed by atoms with Crippen LogP contribution in [0, 0.1) is 11.6 Å². The molecule has 0 saturated carbocycles. The molecule has 138 valence electrons. The predicted molar refractivity (Wildman–Crippen MR) is 101 cm³/mol. The molecule has 26 heavy (non-hydrogen) atoms. The van der Waals surface area contributed by atoms with Gasteiger partial charge in [-0.25, -0.2) is 18.6 Å². The van der Waals surface area contributed by atoms with Gasteiger partial charge in [0.1, 0.15) is 5.65 Å². The average molecular weight is 447 g/mol. The van der Waals surface area contributed by atoms with Gasteiger partial charge in [0.2, 0.25) is 0 Å². The third-order valence-electron chi connectivity index (χ3n) is 4.02. The van der Waals surface area contributed by atoms with Crippen molar-refractivity contribution in [1.29, 1.82) is 0 Å². The van der Waals surface area contributed by atoms with Crippen LogP contribution in [0.2, 0.25) is 5.02 Å². The number of halogens is 4. The molecule has 1 amide bonds. The highest BCUT2D eigenvalue weighted by atomic mass is 79.9. The summed E-state index contributed by atoms with van der Waals surface area (Å²) in [4.78, 5) is 20.4. The van der Waals surface area contributed by atoms with Crippen LogP contribution in [0.15, 0.2) is 16.7 Å². The van der Waals surface area contributed by atoms with Gasteiger partial charge in [-0.3, -0.25) is 4.90 Å². The minimum absolute atomic E-state index is 0.0676. The molecular formula is C17H15BrClF2N3O2. The highest BCUT2D eigenvalue weighted by Crippen LogP contribution is 2.40. The summed E-state index contributed by atoms with van der Waals surface area (Å²) in [6, 6.07) is 0.942. The lowest BCUT2D eigenvalue weighted by Gasteiger charge is -2.18. The molecule has 0 spiro atoms. The molecule has 0 bridgehead atoms. The average Bonchev–Trinajstić information content (AvgIpc) is 3.01. The summed E-state index contributed by atoms with van der Waals surface area (Å²) in [7, 11) is 1.43. The number of carbonyl (C=O) groups excluding carboxylic acids is 1.